The van der Waals surface area contributed by atoms with Gasteiger partial charge in [0.2, 0.25) is 0 Å². The molecule has 26 heavy (non-hydrogen) atoms. The van der Waals surface area contributed by atoms with E-state index < -0.39 is 0 Å². The fourth-order valence-electron chi connectivity index (χ4n) is 3.73. The molecule has 0 N–H and O–H groups in total. The first kappa shape index (κ1) is 16.5. The summed E-state index contributed by atoms with van der Waals surface area (Å²) in [6.07, 6.45) is 4.28. The van der Waals surface area contributed by atoms with Gasteiger partial charge in [-0.25, -0.2) is 9.67 Å². The average Bonchev–Trinajstić information content (AvgIpc) is 3.03. The van der Waals surface area contributed by atoms with Gasteiger partial charge in [-0.05, 0) is 56.0 Å². The van der Waals surface area contributed by atoms with Crippen molar-refractivity contribution in [1.29, 1.82) is 0 Å². The van der Waals surface area contributed by atoms with Crippen molar-refractivity contribution in [2.45, 2.75) is 33.7 Å². The number of fused-ring (bicyclic) bond motifs is 1. The molecule has 0 unspecified atom stereocenters. The van der Waals surface area contributed by atoms with Gasteiger partial charge in [0.05, 0.1) is 17.5 Å². The van der Waals surface area contributed by atoms with Gasteiger partial charge in [-0.15, -0.1) is 0 Å². The van der Waals surface area contributed by atoms with Crippen molar-refractivity contribution in [1.82, 2.24) is 19.7 Å². The molecule has 0 fully saturated rings. The van der Waals surface area contributed by atoms with E-state index in [0.717, 1.165) is 24.5 Å². The Morgan fingerprint density at radius 3 is 2.77 bits per heavy atom. The van der Waals surface area contributed by atoms with E-state index in [2.05, 4.69) is 36.1 Å². The minimum Gasteiger partial charge on any atom is -0.334 e. The van der Waals surface area contributed by atoms with Gasteiger partial charge in [0.25, 0.3) is 5.91 Å². The zero-order valence-electron chi connectivity index (χ0n) is 15.4. The molecule has 0 spiro atoms. The van der Waals surface area contributed by atoms with E-state index in [1.807, 2.05) is 30.0 Å². The summed E-state index contributed by atoms with van der Waals surface area (Å²) in [6, 6.07) is 10.1. The molecule has 3 heterocycles. The second kappa shape index (κ2) is 6.41. The normalized spacial score (nSPS) is 13.6. The third-order valence-electron chi connectivity index (χ3n) is 5.10. The number of aryl methyl sites for hydroxylation is 2. The summed E-state index contributed by atoms with van der Waals surface area (Å²) in [7, 11) is 0. The topological polar surface area (TPSA) is 51.0 Å². The number of aromatic nitrogens is 3. The lowest BCUT2D eigenvalue weighted by Gasteiger charge is -2.30. The highest BCUT2D eigenvalue weighted by Gasteiger charge is 2.26. The molecule has 4 rings (SSSR count). The molecule has 1 aromatic carbocycles. The second-order valence-electron chi connectivity index (χ2n) is 6.94. The number of amides is 1. The molecule has 0 atom stereocenters. The molecule has 1 aliphatic rings. The molecule has 2 aromatic heterocycles. The van der Waals surface area contributed by atoms with Crippen LogP contribution < -0.4 is 0 Å². The van der Waals surface area contributed by atoms with Gasteiger partial charge in [0.15, 0.2) is 5.82 Å². The summed E-state index contributed by atoms with van der Waals surface area (Å²) in [6.45, 7) is 7.57. The van der Waals surface area contributed by atoms with Crippen LogP contribution in [0.1, 0.15) is 38.3 Å². The monoisotopic (exact) mass is 346 g/mol. The van der Waals surface area contributed by atoms with Crippen LogP contribution in [-0.2, 0) is 13.0 Å². The van der Waals surface area contributed by atoms with Crippen molar-refractivity contribution >= 4 is 5.91 Å². The van der Waals surface area contributed by atoms with Crippen LogP contribution in [0.15, 0.2) is 42.7 Å². The Morgan fingerprint density at radius 1 is 1.15 bits per heavy atom. The molecule has 0 bridgehead atoms. The Labute approximate surface area is 153 Å². The van der Waals surface area contributed by atoms with Crippen LogP contribution in [0.5, 0.6) is 0 Å². The molecule has 0 saturated heterocycles. The summed E-state index contributed by atoms with van der Waals surface area (Å²) in [5, 5.41) is 4.38. The van der Waals surface area contributed by atoms with Crippen molar-refractivity contribution in [2.24, 2.45) is 0 Å². The van der Waals surface area contributed by atoms with Gasteiger partial charge in [0.1, 0.15) is 0 Å². The lowest BCUT2D eigenvalue weighted by atomic mass is 9.93. The Bertz CT molecular complexity index is 975. The molecule has 132 valence electrons. The molecule has 1 amide bonds. The largest absolute Gasteiger partial charge is 0.334 e. The molecular formula is C21H22N4O. The maximum Gasteiger partial charge on any atom is 0.257 e. The van der Waals surface area contributed by atoms with Gasteiger partial charge in [-0.1, -0.05) is 23.8 Å². The summed E-state index contributed by atoms with van der Waals surface area (Å²) in [4.78, 5) is 19.4. The lowest BCUT2D eigenvalue weighted by molar-refractivity contribution is 0.0733. The highest BCUT2D eigenvalue weighted by Crippen LogP contribution is 2.25. The van der Waals surface area contributed by atoms with Crippen LogP contribution in [0.3, 0.4) is 0 Å². The minimum absolute atomic E-state index is 0.0373. The molecule has 0 radical (unpaired) electrons. The fraction of sp³-hybridized carbons (Fsp3) is 0.286. The zero-order chi connectivity index (χ0) is 18.3. The van der Waals surface area contributed by atoms with E-state index in [1.54, 1.807) is 17.1 Å². The van der Waals surface area contributed by atoms with Crippen LogP contribution in [0.2, 0.25) is 0 Å². The van der Waals surface area contributed by atoms with Gasteiger partial charge in [0, 0.05) is 19.3 Å². The van der Waals surface area contributed by atoms with Crippen LogP contribution in [0, 0.1) is 20.8 Å². The molecule has 3 aromatic rings. The van der Waals surface area contributed by atoms with Gasteiger partial charge in [-0.3, -0.25) is 4.79 Å². The molecule has 1 aliphatic heterocycles. The number of carbonyl (C=O) groups excluding carboxylic acids is 1. The van der Waals surface area contributed by atoms with Crippen molar-refractivity contribution in [3.8, 4) is 5.82 Å². The van der Waals surface area contributed by atoms with Crippen LogP contribution in [0.4, 0.5) is 0 Å². The number of hydrogen-bond donors (Lipinski definition) is 0. The first-order chi connectivity index (χ1) is 12.5. The van der Waals surface area contributed by atoms with Gasteiger partial charge in [-0.2, -0.15) is 5.10 Å². The predicted octanol–water partition coefficient (Wildman–Crippen LogP) is 3.39. The first-order valence-electron chi connectivity index (χ1n) is 8.89. The van der Waals surface area contributed by atoms with Crippen molar-refractivity contribution in [3.05, 3.63) is 76.2 Å². The van der Waals surface area contributed by atoms with E-state index >= 15 is 0 Å². The SMILES string of the molecule is Cc1cc(C)c2c(c1)CCN(C(=O)c1cnn(-c3ccccn3)c1C)C2. The van der Waals surface area contributed by atoms with Crippen LogP contribution >= 0.6 is 0 Å². The fourth-order valence-corrected chi connectivity index (χ4v) is 3.73. The zero-order valence-corrected chi connectivity index (χ0v) is 15.4. The van der Waals surface area contributed by atoms with E-state index in [-0.39, 0.29) is 5.91 Å². The van der Waals surface area contributed by atoms with E-state index in [4.69, 9.17) is 0 Å². The molecule has 5 nitrogen and oxygen atoms in total. The van der Waals surface area contributed by atoms with Gasteiger partial charge < -0.3 is 4.90 Å². The molecule has 5 heteroatoms. The summed E-state index contributed by atoms with van der Waals surface area (Å²) in [5.41, 5.74) is 6.66. The Balaban J connectivity index is 1.62. The highest BCUT2D eigenvalue weighted by atomic mass is 16.2. The number of hydrogen-bond acceptors (Lipinski definition) is 3. The van der Waals surface area contributed by atoms with E-state index in [1.165, 1.54) is 22.3 Å². The maximum absolute atomic E-state index is 13.1. The number of pyridine rings is 1. The Morgan fingerprint density at radius 2 is 2.00 bits per heavy atom. The molecule has 0 aliphatic carbocycles. The summed E-state index contributed by atoms with van der Waals surface area (Å²) < 4.78 is 1.72. The number of nitrogens with zero attached hydrogens (tertiary/aromatic N) is 4. The van der Waals surface area contributed by atoms with E-state index in [0.29, 0.717) is 12.1 Å². The molecule has 0 saturated carbocycles. The average molecular weight is 346 g/mol. The first-order valence-corrected chi connectivity index (χ1v) is 8.89. The Hall–Kier alpha value is -2.95. The lowest BCUT2D eigenvalue weighted by Crippen LogP contribution is -2.36. The van der Waals surface area contributed by atoms with Gasteiger partial charge >= 0.3 is 0 Å². The minimum atomic E-state index is 0.0373. The van der Waals surface area contributed by atoms with Crippen molar-refractivity contribution in [3.63, 3.8) is 0 Å². The standard InChI is InChI=1S/C21H22N4O/c1-14-10-15(2)19-13-24(9-7-17(19)11-14)21(26)18-12-23-25(16(18)3)20-6-4-5-8-22-20/h4-6,8,10-12H,7,9,13H2,1-3H3. The van der Waals surface area contributed by atoms with Crippen LogP contribution in [0.25, 0.3) is 5.82 Å². The Kier molecular flexibility index (Phi) is 4.07. The third kappa shape index (κ3) is 2.79. The number of rotatable bonds is 2. The van der Waals surface area contributed by atoms with Crippen molar-refractivity contribution in [2.75, 3.05) is 6.54 Å². The highest BCUT2D eigenvalue weighted by molar-refractivity contribution is 5.95. The predicted molar refractivity (Wildman–Crippen MR) is 100 cm³/mol. The van der Waals surface area contributed by atoms with Crippen molar-refractivity contribution < 1.29 is 4.79 Å². The summed E-state index contributed by atoms with van der Waals surface area (Å²) >= 11 is 0. The smallest absolute Gasteiger partial charge is 0.257 e. The number of carbonyl (C=O) groups is 1. The van der Waals surface area contributed by atoms with E-state index in [9.17, 15) is 4.79 Å². The second-order valence-corrected chi connectivity index (χ2v) is 6.94. The molecular weight excluding hydrogens is 324 g/mol. The number of benzene rings is 1. The van der Waals surface area contributed by atoms with Crippen LogP contribution in [-0.4, -0.2) is 32.1 Å². The third-order valence-corrected chi connectivity index (χ3v) is 5.10. The maximum atomic E-state index is 13.1. The quantitative estimate of drug-likeness (QED) is 0.715. The summed E-state index contributed by atoms with van der Waals surface area (Å²) in [5.74, 6) is 0.759.